The lowest BCUT2D eigenvalue weighted by molar-refractivity contribution is 0.748. The van der Waals surface area contributed by atoms with Gasteiger partial charge < -0.3 is 0 Å². The molecule has 0 aromatic heterocycles. The predicted molar refractivity (Wildman–Crippen MR) is 148 cm³/mol. The van der Waals surface area contributed by atoms with Crippen molar-refractivity contribution < 1.29 is 0 Å². The third-order valence-electron chi connectivity index (χ3n) is 7.12. The first kappa shape index (κ1) is 23.5. The minimum Gasteiger partial charge on any atom is -0.0790 e. The quantitative estimate of drug-likeness (QED) is 0.306. The summed E-state index contributed by atoms with van der Waals surface area (Å²) in [6.07, 6.45) is 7.22. The number of hydrogen-bond donors (Lipinski definition) is 0. The van der Waals surface area contributed by atoms with Crippen LogP contribution in [-0.2, 0) is 0 Å². The van der Waals surface area contributed by atoms with Crippen molar-refractivity contribution in [3.63, 3.8) is 0 Å². The Bertz CT molecular complexity index is 1070. The molecule has 0 saturated heterocycles. The molecule has 0 heterocycles. The molecule has 0 fully saturated rings. The monoisotopic (exact) mass is 450 g/mol. The van der Waals surface area contributed by atoms with Crippen LogP contribution in [0.2, 0.25) is 5.54 Å². The molecule has 0 radical (unpaired) electrons. The lowest BCUT2D eigenvalue weighted by atomic mass is 10.0. The SMILES string of the molecule is Cc1cc(C)cc([Si](c2cc(C)cc(C)c2)(c2cc(C)cc(C)c2)C2C=CC=C2C(C)C)c1. The molecule has 1 atom stereocenters. The van der Waals surface area contributed by atoms with Crippen LogP contribution in [0.5, 0.6) is 0 Å². The summed E-state index contributed by atoms with van der Waals surface area (Å²) in [6.45, 7) is 18.2. The first-order valence-electron chi connectivity index (χ1n) is 12.3. The smallest absolute Gasteiger partial charge is 0.0790 e. The minimum absolute atomic E-state index is 0.404. The van der Waals surface area contributed by atoms with E-state index in [0.29, 0.717) is 11.5 Å². The van der Waals surface area contributed by atoms with Gasteiger partial charge in [0.05, 0.1) is 0 Å². The molecule has 0 aliphatic heterocycles. The zero-order valence-electron chi connectivity index (χ0n) is 21.6. The lowest BCUT2D eigenvalue weighted by Gasteiger charge is -2.41. The van der Waals surface area contributed by atoms with Crippen molar-refractivity contribution in [2.24, 2.45) is 5.92 Å². The third kappa shape index (κ3) is 4.31. The topological polar surface area (TPSA) is 0 Å². The zero-order valence-corrected chi connectivity index (χ0v) is 22.6. The van der Waals surface area contributed by atoms with Crippen LogP contribution < -0.4 is 15.6 Å². The van der Waals surface area contributed by atoms with Gasteiger partial charge in [0.15, 0.2) is 8.07 Å². The molecule has 0 amide bonds. The Hall–Kier alpha value is -2.64. The molecule has 1 heteroatoms. The van der Waals surface area contributed by atoms with Gasteiger partial charge in [0.25, 0.3) is 0 Å². The molecule has 4 rings (SSSR count). The summed E-state index contributed by atoms with van der Waals surface area (Å²) in [5.41, 5.74) is 10.1. The van der Waals surface area contributed by atoms with Crippen molar-refractivity contribution >= 4 is 23.6 Å². The highest BCUT2D eigenvalue weighted by Crippen LogP contribution is 2.39. The maximum atomic E-state index is 2.51. The minimum atomic E-state index is -2.46. The fraction of sp³-hybridized carbons (Fsp3) is 0.312. The fourth-order valence-corrected chi connectivity index (χ4v) is 12.2. The number of benzene rings is 3. The van der Waals surface area contributed by atoms with Crippen molar-refractivity contribution in [1.29, 1.82) is 0 Å². The van der Waals surface area contributed by atoms with Gasteiger partial charge in [0.1, 0.15) is 0 Å². The maximum Gasteiger partial charge on any atom is 0.159 e. The van der Waals surface area contributed by atoms with E-state index in [1.54, 1.807) is 5.57 Å². The summed E-state index contributed by atoms with van der Waals surface area (Å²) >= 11 is 0. The van der Waals surface area contributed by atoms with Crippen molar-refractivity contribution in [2.75, 3.05) is 0 Å². The molecule has 0 saturated carbocycles. The van der Waals surface area contributed by atoms with Gasteiger partial charge in [-0.25, -0.2) is 0 Å². The Morgan fingerprint density at radius 1 is 0.545 bits per heavy atom. The van der Waals surface area contributed by atoms with Crippen molar-refractivity contribution in [2.45, 2.75) is 60.9 Å². The first-order valence-corrected chi connectivity index (χ1v) is 14.3. The molecule has 0 N–H and O–H groups in total. The number of rotatable bonds is 5. The van der Waals surface area contributed by atoms with E-state index >= 15 is 0 Å². The molecular formula is C32H38Si. The second-order valence-electron chi connectivity index (χ2n) is 10.6. The van der Waals surface area contributed by atoms with Crippen molar-refractivity contribution in [3.05, 3.63) is 112 Å². The Morgan fingerprint density at radius 2 is 0.879 bits per heavy atom. The summed E-state index contributed by atoms with van der Waals surface area (Å²) in [5, 5.41) is 4.58. The van der Waals surface area contributed by atoms with E-state index in [1.807, 2.05) is 0 Å². The molecule has 1 unspecified atom stereocenters. The van der Waals surface area contributed by atoms with Crippen LogP contribution in [0, 0.1) is 47.5 Å². The van der Waals surface area contributed by atoms with Gasteiger partial charge in [-0.1, -0.05) is 126 Å². The number of hydrogen-bond acceptors (Lipinski definition) is 0. The second-order valence-corrected chi connectivity index (χ2v) is 14.6. The molecule has 0 nitrogen and oxygen atoms in total. The average Bonchev–Trinajstić information content (AvgIpc) is 3.17. The Morgan fingerprint density at radius 3 is 1.18 bits per heavy atom. The van der Waals surface area contributed by atoms with Crippen LogP contribution in [0.1, 0.15) is 47.2 Å². The molecule has 1 aliphatic rings. The van der Waals surface area contributed by atoms with Gasteiger partial charge >= 0.3 is 0 Å². The van der Waals surface area contributed by atoms with Gasteiger partial charge in [-0.2, -0.15) is 0 Å². The third-order valence-corrected chi connectivity index (χ3v) is 12.2. The van der Waals surface area contributed by atoms with E-state index in [9.17, 15) is 0 Å². The fourth-order valence-electron chi connectivity index (χ4n) is 6.08. The van der Waals surface area contributed by atoms with Gasteiger partial charge in [-0.05, 0) is 63.0 Å². The maximum absolute atomic E-state index is 2.51. The van der Waals surface area contributed by atoms with Crippen LogP contribution in [0.25, 0.3) is 0 Å². The summed E-state index contributed by atoms with van der Waals surface area (Å²) in [7, 11) is -2.46. The van der Waals surface area contributed by atoms with Crippen LogP contribution in [-0.4, -0.2) is 8.07 Å². The van der Waals surface area contributed by atoms with E-state index in [4.69, 9.17) is 0 Å². The highest BCUT2D eigenvalue weighted by molar-refractivity contribution is 7.13. The van der Waals surface area contributed by atoms with Crippen LogP contribution in [0.4, 0.5) is 0 Å². The normalized spacial score (nSPS) is 15.9. The Balaban J connectivity index is 2.21. The molecular weight excluding hydrogens is 412 g/mol. The van der Waals surface area contributed by atoms with Crippen molar-refractivity contribution in [1.82, 2.24) is 0 Å². The van der Waals surface area contributed by atoms with Gasteiger partial charge in [0.2, 0.25) is 0 Å². The van der Waals surface area contributed by atoms with E-state index in [0.717, 1.165) is 0 Å². The molecule has 3 aromatic rings. The molecule has 0 bridgehead atoms. The zero-order chi connectivity index (χ0) is 23.9. The summed E-state index contributed by atoms with van der Waals surface area (Å²) in [4.78, 5) is 0. The molecule has 0 spiro atoms. The van der Waals surface area contributed by atoms with Crippen LogP contribution in [0.15, 0.2) is 78.4 Å². The lowest BCUT2D eigenvalue weighted by Crippen LogP contribution is -2.70. The first-order chi connectivity index (χ1) is 15.6. The molecule has 170 valence electrons. The van der Waals surface area contributed by atoms with E-state index in [2.05, 4.69) is 128 Å². The van der Waals surface area contributed by atoms with Gasteiger partial charge in [0, 0.05) is 5.54 Å². The average molecular weight is 451 g/mol. The summed E-state index contributed by atoms with van der Waals surface area (Å²) in [6, 6.07) is 21.9. The second kappa shape index (κ2) is 8.95. The highest BCUT2D eigenvalue weighted by Gasteiger charge is 2.48. The largest absolute Gasteiger partial charge is 0.159 e. The van der Waals surface area contributed by atoms with E-state index in [1.165, 1.54) is 48.9 Å². The van der Waals surface area contributed by atoms with Crippen LogP contribution in [0.3, 0.4) is 0 Å². The predicted octanol–water partition coefficient (Wildman–Crippen LogP) is 6.53. The van der Waals surface area contributed by atoms with Crippen molar-refractivity contribution in [3.8, 4) is 0 Å². The molecule has 3 aromatic carbocycles. The molecule has 1 aliphatic carbocycles. The van der Waals surface area contributed by atoms with Crippen LogP contribution >= 0.6 is 0 Å². The van der Waals surface area contributed by atoms with E-state index < -0.39 is 8.07 Å². The highest BCUT2D eigenvalue weighted by atomic mass is 28.3. The van der Waals surface area contributed by atoms with Gasteiger partial charge in [-0.3, -0.25) is 0 Å². The summed E-state index contributed by atoms with van der Waals surface area (Å²) < 4.78 is 0. The van der Waals surface area contributed by atoms with Gasteiger partial charge in [-0.15, -0.1) is 0 Å². The summed E-state index contributed by atoms with van der Waals surface area (Å²) in [5.74, 6) is 0.514. The number of aryl methyl sites for hydroxylation is 6. The van der Waals surface area contributed by atoms with E-state index in [-0.39, 0.29) is 0 Å². The standard InChI is InChI=1S/C32H38Si/c1-21(2)31-10-9-11-32(31)33(28-15-22(3)12-23(4)16-28,29-17-24(5)13-25(6)18-29)30-19-26(7)14-27(8)20-30/h9-21,32H,1-8H3. The Labute approximate surface area is 202 Å². The number of allylic oxidation sites excluding steroid dienone is 4. The Kier molecular flexibility index (Phi) is 6.38. The molecule has 33 heavy (non-hydrogen) atoms.